The second-order valence-corrected chi connectivity index (χ2v) is 3.85. The van der Waals surface area contributed by atoms with Crippen LogP contribution >= 0.6 is 0 Å². The fourth-order valence-corrected chi connectivity index (χ4v) is 2.18. The van der Waals surface area contributed by atoms with E-state index < -0.39 is 0 Å². The lowest BCUT2D eigenvalue weighted by atomic mass is 9.84. The number of rotatable bonds is 2. The van der Waals surface area contributed by atoms with Crippen molar-refractivity contribution in [3.8, 4) is 0 Å². The van der Waals surface area contributed by atoms with Crippen molar-refractivity contribution in [2.45, 2.75) is 18.4 Å². The first kappa shape index (κ1) is 9.62. The fourth-order valence-electron chi connectivity index (χ4n) is 2.18. The Balaban J connectivity index is 2.27. The summed E-state index contributed by atoms with van der Waals surface area (Å²) in [6.45, 7) is 2.14. The SMILES string of the molecule is CNC1(c2ccncc2)CCCNC1. The molecule has 0 aliphatic carbocycles. The van der Waals surface area contributed by atoms with Gasteiger partial charge in [0.2, 0.25) is 0 Å². The van der Waals surface area contributed by atoms with E-state index in [1.807, 2.05) is 19.4 Å². The van der Waals surface area contributed by atoms with Crippen molar-refractivity contribution in [2.75, 3.05) is 20.1 Å². The first-order valence-electron chi connectivity index (χ1n) is 5.17. The lowest BCUT2D eigenvalue weighted by Crippen LogP contribution is -2.51. The maximum absolute atomic E-state index is 4.06. The third-order valence-electron chi connectivity index (χ3n) is 3.10. The predicted molar refractivity (Wildman–Crippen MR) is 57.1 cm³/mol. The molecule has 0 bridgehead atoms. The molecule has 0 spiro atoms. The highest BCUT2D eigenvalue weighted by molar-refractivity contribution is 5.23. The topological polar surface area (TPSA) is 37.0 Å². The predicted octanol–water partition coefficient (Wildman–Crippen LogP) is 0.880. The van der Waals surface area contributed by atoms with E-state index in [-0.39, 0.29) is 5.54 Å². The van der Waals surface area contributed by atoms with Crippen LogP contribution in [0.1, 0.15) is 18.4 Å². The molecule has 0 amide bonds. The number of nitrogens with one attached hydrogen (secondary N) is 2. The zero-order valence-electron chi connectivity index (χ0n) is 8.59. The van der Waals surface area contributed by atoms with Crippen molar-refractivity contribution < 1.29 is 0 Å². The van der Waals surface area contributed by atoms with Crippen molar-refractivity contribution in [2.24, 2.45) is 0 Å². The van der Waals surface area contributed by atoms with Gasteiger partial charge in [-0.2, -0.15) is 0 Å². The van der Waals surface area contributed by atoms with Gasteiger partial charge in [0.25, 0.3) is 0 Å². The highest BCUT2D eigenvalue weighted by Gasteiger charge is 2.31. The summed E-state index contributed by atoms with van der Waals surface area (Å²) in [6, 6.07) is 4.20. The zero-order valence-corrected chi connectivity index (χ0v) is 8.59. The van der Waals surface area contributed by atoms with Gasteiger partial charge in [-0.3, -0.25) is 4.98 Å². The monoisotopic (exact) mass is 191 g/mol. The van der Waals surface area contributed by atoms with E-state index in [0.29, 0.717) is 0 Å². The first-order chi connectivity index (χ1) is 6.87. The second kappa shape index (κ2) is 4.07. The Labute approximate surface area is 84.9 Å². The van der Waals surface area contributed by atoms with Gasteiger partial charge in [-0.05, 0) is 44.1 Å². The molecule has 2 N–H and O–H groups in total. The molecule has 2 rings (SSSR count). The van der Waals surface area contributed by atoms with Gasteiger partial charge < -0.3 is 10.6 Å². The molecule has 14 heavy (non-hydrogen) atoms. The van der Waals surface area contributed by atoms with E-state index in [9.17, 15) is 0 Å². The number of aromatic nitrogens is 1. The largest absolute Gasteiger partial charge is 0.315 e. The third kappa shape index (κ3) is 1.65. The van der Waals surface area contributed by atoms with Gasteiger partial charge in [0.15, 0.2) is 0 Å². The third-order valence-corrected chi connectivity index (χ3v) is 3.10. The average molecular weight is 191 g/mol. The van der Waals surface area contributed by atoms with E-state index in [0.717, 1.165) is 13.1 Å². The van der Waals surface area contributed by atoms with Crippen molar-refractivity contribution in [1.82, 2.24) is 15.6 Å². The number of piperidine rings is 1. The molecule has 0 aromatic carbocycles. The molecule has 2 heterocycles. The van der Waals surface area contributed by atoms with Gasteiger partial charge in [-0.1, -0.05) is 0 Å². The molecule has 1 aromatic rings. The molecule has 1 aliphatic rings. The van der Waals surface area contributed by atoms with Crippen LogP contribution in [0, 0.1) is 0 Å². The van der Waals surface area contributed by atoms with Crippen LogP contribution in [-0.4, -0.2) is 25.1 Å². The highest BCUT2D eigenvalue weighted by Crippen LogP contribution is 2.27. The lowest BCUT2D eigenvalue weighted by Gasteiger charge is -2.38. The Bertz CT molecular complexity index is 278. The van der Waals surface area contributed by atoms with E-state index in [1.165, 1.54) is 18.4 Å². The highest BCUT2D eigenvalue weighted by atomic mass is 15.0. The van der Waals surface area contributed by atoms with Crippen LogP contribution in [0.4, 0.5) is 0 Å². The van der Waals surface area contributed by atoms with Gasteiger partial charge in [-0.15, -0.1) is 0 Å². The van der Waals surface area contributed by atoms with Crippen molar-refractivity contribution in [3.63, 3.8) is 0 Å². The van der Waals surface area contributed by atoms with E-state index >= 15 is 0 Å². The maximum atomic E-state index is 4.06. The normalized spacial score (nSPS) is 27.5. The summed E-state index contributed by atoms with van der Waals surface area (Å²) in [5, 5.41) is 6.89. The molecule has 76 valence electrons. The Kier molecular flexibility index (Phi) is 2.79. The van der Waals surface area contributed by atoms with E-state index in [1.54, 1.807) is 0 Å². The van der Waals surface area contributed by atoms with Gasteiger partial charge in [-0.25, -0.2) is 0 Å². The van der Waals surface area contributed by atoms with Crippen molar-refractivity contribution in [3.05, 3.63) is 30.1 Å². The van der Waals surface area contributed by atoms with Crippen LogP contribution in [0.5, 0.6) is 0 Å². The second-order valence-electron chi connectivity index (χ2n) is 3.85. The van der Waals surface area contributed by atoms with Crippen LogP contribution in [0.15, 0.2) is 24.5 Å². The van der Waals surface area contributed by atoms with E-state index in [4.69, 9.17) is 0 Å². The minimum atomic E-state index is 0.112. The molecule has 1 unspecified atom stereocenters. The lowest BCUT2D eigenvalue weighted by molar-refractivity contribution is 0.269. The zero-order chi connectivity index (χ0) is 9.86. The smallest absolute Gasteiger partial charge is 0.0560 e. The Morgan fingerprint density at radius 2 is 2.21 bits per heavy atom. The minimum absolute atomic E-state index is 0.112. The van der Waals surface area contributed by atoms with Crippen LogP contribution in [0.3, 0.4) is 0 Å². The van der Waals surface area contributed by atoms with E-state index in [2.05, 4.69) is 27.8 Å². The molecule has 1 atom stereocenters. The summed E-state index contributed by atoms with van der Waals surface area (Å²) in [7, 11) is 2.04. The summed E-state index contributed by atoms with van der Waals surface area (Å²) in [4.78, 5) is 4.06. The fraction of sp³-hybridized carbons (Fsp3) is 0.545. The number of hydrogen-bond acceptors (Lipinski definition) is 3. The van der Waals surface area contributed by atoms with Gasteiger partial charge in [0.05, 0.1) is 5.54 Å². The van der Waals surface area contributed by atoms with Gasteiger partial charge >= 0.3 is 0 Å². The summed E-state index contributed by atoms with van der Waals surface area (Å²) in [6.07, 6.45) is 6.15. The molecule has 3 heteroatoms. The minimum Gasteiger partial charge on any atom is -0.315 e. The van der Waals surface area contributed by atoms with Gasteiger partial charge in [0, 0.05) is 18.9 Å². The Hall–Kier alpha value is -0.930. The summed E-state index contributed by atoms with van der Waals surface area (Å²) >= 11 is 0. The van der Waals surface area contributed by atoms with Gasteiger partial charge in [0.1, 0.15) is 0 Å². The molecule has 0 saturated carbocycles. The summed E-state index contributed by atoms with van der Waals surface area (Å²) < 4.78 is 0. The maximum Gasteiger partial charge on any atom is 0.0560 e. The first-order valence-corrected chi connectivity index (χ1v) is 5.17. The van der Waals surface area contributed by atoms with Crippen LogP contribution in [0.2, 0.25) is 0 Å². The molecule has 3 nitrogen and oxygen atoms in total. The Morgan fingerprint density at radius 3 is 2.79 bits per heavy atom. The molecular formula is C11H17N3. The summed E-state index contributed by atoms with van der Waals surface area (Å²) in [5.74, 6) is 0. The average Bonchev–Trinajstić information content (AvgIpc) is 2.31. The molecule has 1 fully saturated rings. The van der Waals surface area contributed by atoms with Crippen LogP contribution in [0.25, 0.3) is 0 Å². The Morgan fingerprint density at radius 1 is 1.43 bits per heavy atom. The standard InChI is InChI=1S/C11H17N3/c1-12-11(5-2-6-14-9-11)10-3-7-13-8-4-10/h3-4,7-8,12,14H,2,5-6,9H2,1H3. The molecule has 1 aliphatic heterocycles. The number of hydrogen-bond donors (Lipinski definition) is 2. The number of nitrogens with zero attached hydrogens (tertiary/aromatic N) is 1. The van der Waals surface area contributed by atoms with Crippen LogP contribution in [-0.2, 0) is 5.54 Å². The number of pyridine rings is 1. The molecule has 0 radical (unpaired) electrons. The van der Waals surface area contributed by atoms with Crippen molar-refractivity contribution >= 4 is 0 Å². The molecule has 1 aromatic heterocycles. The van der Waals surface area contributed by atoms with Crippen molar-refractivity contribution in [1.29, 1.82) is 0 Å². The number of likely N-dealkylation sites (N-methyl/N-ethyl adjacent to an activating group) is 1. The molecule has 1 saturated heterocycles. The quantitative estimate of drug-likeness (QED) is 0.728. The van der Waals surface area contributed by atoms with Crippen LogP contribution < -0.4 is 10.6 Å². The summed E-state index contributed by atoms with van der Waals surface area (Å²) in [5.41, 5.74) is 1.45. The molecular weight excluding hydrogens is 174 g/mol.